The lowest BCUT2D eigenvalue weighted by molar-refractivity contribution is -0.137. The van der Waals surface area contributed by atoms with Gasteiger partial charge in [0.15, 0.2) is 17.5 Å². The Kier molecular flexibility index (Phi) is 5.12. The van der Waals surface area contributed by atoms with Crippen molar-refractivity contribution in [3.63, 3.8) is 0 Å². The van der Waals surface area contributed by atoms with E-state index in [-0.39, 0.29) is 6.54 Å². The average molecular weight is 311 g/mol. The van der Waals surface area contributed by atoms with Crippen LogP contribution in [-0.2, 0) is 14.8 Å². The molecule has 0 saturated carbocycles. The first-order valence-corrected chi connectivity index (χ1v) is 7.01. The Balaban J connectivity index is 3.21. The maximum absolute atomic E-state index is 13.5. The Morgan fingerprint density at radius 3 is 2.35 bits per heavy atom. The highest BCUT2D eigenvalue weighted by Gasteiger charge is 2.29. The number of sulfonamides is 1. The molecule has 0 spiro atoms. The van der Waals surface area contributed by atoms with Gasteiger partial charge in [0.05, 0.1) is 6.42 Å². The predicted octanol–water partition coefficient (Wildman–Crippen LogP) is 1.59. The molecule has 9 heteroatoms. The molecule has 1 aromatic carbocycles. The molecule has 0 unspecified atom stereocenters. The van der Waals surface area contributed by atoms with Gasteiger partial charge in [0.2, 0.25) is 10.0 Å². The van der Waals surface area contributed by atoms with Gasteiger partial charge in [0, 0.05) is 13.1 Å². The molecule has 0 aliphatic heterocycles. The van der Waals surface area contributed by atoms with Crippen molar-refractivity contribution in [2.45, 2.75) is 18.2 Å². The lowest BCUT2D eigenvalue weighted by Gasteiger charge is -2.20. The lowest BCUT2D eigenvalue weighted by atomic mass is 10.3. The number of hydrogen-bond donors (Lipinski definition) is 1. The normalized spacial score (nSPS) is 11.8. The van der Waals surface area contributed by atoms with Crippen LogP contribution in [0.1, 0.15) is 13.3 Å². The Labute approximate surface area is 113 Å². The minimum Gasteiger partial charge on any atom is -0.481 e. The summed E-state index contributed by atoms with van der Waals surface area (Å²) in [5.74, 6) is -6.45. The molecule has 0 aliphatic rings. The van der Waals surface area contributed by atoms with Crippen molar-refractivity contribution in [1.29, 1.82) is 0 Å². The highest BCUT2D eigenvalue weighted by atomic mass is 32.2. The van der Waals surface area contributed by atoms with Crippen molar-refractivity contribution in [2.75, 3.05) is 13.1 Å². The van der Waals surface area contributed by atoms with E-state index >= 15 is 0 Å². The van der Waals surface area contributed by atoms with E-state index in [0.717, 1.165) is 0 Å². The number of halogens is 3. The molecule has 112 valence electrons. The Hall–Kier alpha value is -1.61. The van der Waals surface area contributed by atoms with Gasteiger partial charge >= 0.3 is 5.97 Å². The summed E-state index contributed by atoms with van der Waals surface area (Å²) in [6, 6.07) is 1.10. The van der Waals surface area contributed by atoms with Gasteiger partial charge in [-0.05, 0) is 12.1 Å². The van der Waals surface area contributed by atoms with Gasteiger partial charge in [0.1, 0.15) is 4.90 Å². The zero-order valence-electron chi connectivity index (χ0n) is 10.4. The van der Waals surface area contributed by atoms with Crippen molar-refractivity contribution in [1.82, 2.24) is 4.31 Å². The van der Waals surface area contributed by atoms with Crippen molar-refractivity contribution in [3.05, 3.63) is 29.6 Å². The van der Waals surface area contributed by atoms with E-state index in [1.165, 1.54) is 6.92 Å². The highest BCUT2D eigenvalue weighted by molar-refractivity contribution is 7.89. The summed E-state index contributed by atoms with van der Waals surface area (Å²) in [5.41, 5.74) is 0. The summed E-state index contributed by atoms with van der Waals surface area (Å²) in [5, 5.41) is 8.52. The first-order chi connectivity index (χ1) is 9.21. The molecule has 0 radical (unpaired) electrons. The maximum atomic E-state index is 13.5. The van der Waals surface area contributed by atoms with Crippen molar-refractivity contribution < 1.29 is 31.5 Å². The number of rotatable bonds is 6. The smallest absolute Gasteiger partial charge is 0.304 e. The molecule has 0 atom stereocenters. The van der Waals surface area contributed by atoms with E-state index in [9.17, 15) is 26.4 Å². The third kappa shape index (κ3) is 3.28. The van der Waals surface area contributed by atoms with Crippen LogP contribution in [0.5, 0.6) is 0 Å². The summed E-state index contributed by atoms with van der Waals surface area (Å²) in [7, 11) is -4.43. The number of carboxylic acids is 1. The fraction of sp³-hybridized carbons (Fsp3) is 0.364. The molecule has 0 heterocycles. The standard InChI is InChI=1S/C11H12F3NO4S/c1-2-15(6-5-9(16)17)20(18,19)8-4-3-7(12)10(13)11(8)14/h3-4H,2,5-6H2,1H3,(H,16,17). The molecule has 1 aromatic rings. The fourth-order valence-corrected chi connectivity index (χ4v) is 3.02. The van der Waals surface area contributed by atoms with Gasteiger partial charge in [-0.1, -0.05) is 6.92 Å². The SMILES string of the molecule is CCN(CCC(=O)O)S(=O)(=O)c1ccc(F)c(F)c1F. The van der Waals surface area contributed by atoms with E-state index in [2.05, 4.69) is 0 Å². The second-order valence-electron chi connectivity index (χ2n) is 3.81. The number of benzene rings is 1. The minimum atomic E-state index is -4.43. The average Bonchev–Trinajstić information content (AvgIpc) is 2.35. The molecule has 0 saturated heterocycles. The molecule has 0 amide bonds. The second-order valence-corrected chi connectivity index (χ2v) is 5.72. The first-order valence-electron chi connectivity index (χ1n) is 5.57. The Morgan fingerprint density at radius 2 is 1.85 bits per heavy atom. The summed E-state index contributed by atoms with van der Waals surface area (Å²) in [4.78, 5) is 9.42. The number of hydrogen-bond acceptors (Lipinski definition) is 3. The molecule has 0 aliphatic carbocycles. The number of carbonyl (C=O) groups is 1. The van der Waals surface area contributed by atoms with E-state index < -0.39 is 51.3 Å². The minimum absolute atomic E-state index is 0.131. The Bertz CT molecular complexity index is 618. The highest BCUT2D eigenvalue weighted by Crippen LogP contribution is 2.23. The van der Waals surface area contributed by atoms with Crippen LogP contribution in [0.2, 0.25) is 0 Å². The zero-order chi connectivity index (χ0) is 15.5. The van der Waals surface area contributed by atoms with Crippen LogP contribution < -0.4 is 0 Å². The molecule has 20 heavy (non-hydrogen) atoms. The number of carboxylic acid groups (broad SMARTS) is 1. The van der Waals surface area contributed by atoms with Gasteiger partial charge in [-0.3, -0.25) is 4.79 Å². The fourth-order valence-electron chi connectivity index (χ4n) is 1.52. The van der Waals surface area contributed by atoms with E-state index in [1.54, 1.807) is 0 Å². The van der Waals surface area contributed by atoms with Crippen LogP contribution in [0.15, 0.2) is 17.0 Å². The third-order valence-corrected chi connectivity index (χ3v) is 4.54. The van der Waals surface area contributed by atoms with Crippen molar-refractivity contribution in [2.24, 2.45) is 0 Å². The maximum Gasteiger partial charge on any atom is 0.304 e. The van der Waals surface area contributed by atoms with Crippen LogP contribution in [0, 0.1) is 17.5 Å². The molecular formula is C11H12F3NO4S. The Morgan fingerprint density at radius 1 is 1.25 bits per heavy atom. The van der Waals surface area contributed by atoms with Gasteiger partial charge in [-0.25, -0.2) is 21.6 Å². The zero-order valence-corrected chi connectivity index (χ0v) is 11.3. The third-order valence-electron chi connectivity index (χ3n) is 2.55. The predicted molar refractivity (Wildman–Crippen MR) is 63.0 cm³/mol. The van der Waals surface area contributed by atoms with E-state index in [1.807, 2.05) is 0 Å². The van der Waals surface area contributed by atoms with Gasteiger partial charge in [-0.2, -0.15) is 4.31 Å². The summed E-state index contributed by atoms with van der Waals surface area (Å²) >= 11 is 0. The summed E-state index contributed by atoms with van der Waals surface area (Å²) in [6.45, 7) is 0.887. The number of nitrogens with zero attached hydrogens (tertiary/aromatic N) is 1. The largest absolute Gasteiger partial charge is 0.481 e. The van der Waals surface area contributed by atoms with Crippen molar-refractivity contribution >= 4 is 16.0 Å². The monoisotopic (exact) mass is 311 g/mol. The van der Waals surface area contributed by atoms with E-state index in [4.69, 9.17) is 5.11 Å². The molecule has 0 fully saturated rings. The quantitative estimate of drug-likeness (QED) is 0.810. The van der Waals surface area contributed by atoms with E-state index in [0.29, 0.717) is 16.4 Å². The van der Waals surface area contributed by atoms with Crippen LogP contribution in [0.4, 0.5) is 13.2 Å². The molecule has 0 bridgehead atoms. The van der Waals surface area contributed by atoms with Gasteiger partial charge in [-0.15, -0.1) is 0 Å². The van der Waals surface area contributed by atoms with Crippen LogP contribution in [0.25, 0.3) is 0 Å². The lowest BCUT2D eigenvalue weighted by Crippen LogP contribution is -2.33. The van der Waals surface area contributed by atoms with Crippen LogP contribution in [0.3, 0.4) is 0 Å². The molecule has 1 rings (SSSR count). The second kappa shape index (κ2) is 6.23. The first kappa shape index (κ1) is 16.4. The van der Waals surface area contributed by atoms with Crippen molar-refractivity contribution in [3.8, 4) is 0 Å². The van der Waals surface area contributed by atoms with Crippen LogP contribution >= 0.6 is 0 Å². The van der Waals surface area contributed by atoms with Crippen LogP contribution in [-0.4, -0.2) is 36.9 Å². The molecule has 5 nitrogen and oxygen atoms in total. The molecule has 1 N–H and O–H groups in total. The summed E-state index contributed by atoms with van der Waals surface area (Å²) < 4.78 is 64.2. The number of aliphatic carboxylic acids is 1. The topological polar surface area (TPSA) is 74.7 Å². The summed E-state index contributed by atoms with van der Waals surface area (Å²) in [6.07, 6.45) is -0.488. The van der Waals surface area contributed by atoms with Gasteiger partial charge in [0.25, 0.3) is 0 Å². The molecular weight excluding hydrogens is 299 g/mol. The van der Waals surface area contributed by atoms with Gasteiger partial charge < -0.3 is 5.11 Å². The molecule has 0 aromatic heterocycles.